The maximum Gasteiger partial charge on any atom is 0.0813 e. The highest BCUT2D eigenvalue weighted by Crippen LogP contribution is 2.18. The van der Waals surface area contributed by atoms with Gasteiger partial charge in [-0.15, -0.1) is 0 Å². The predicted octanol–water partition coefficient (Wildman–Crippen LogP) is 0.302. The average Bonchev–Trinajstić information content (AvgIpc) is 2.50. The number of hydrogen-bond donors (Lipinski definition) is 1. The van der Waals surface area contributed by atoms with Crippen LogP contribution in [-0.2, 0) is 9.57 Å². The highest BCUT2D eigenvalue weighted by atomic mass is 16.6. The van der Waals surface area contributed by atoms with Crippen LogP contribution in [0.25, 0.3) is 0 Å². The van der Waals surface area contributed by atoms with E-state index in [1.807, 2.05) is 0 Å². The lowest BCUT2D eigenvalue weighted by molar-refractivity contribution is 0.101. The van der Waals surface area contributed by atoms with E-state index in [1.54, 1.807) is 0 Å². The maximum absolute atomic E-state index is 5.03. The van der Waals surface area contributed by atoms with Crippen molar-refractivity contribution in [3.05, 3.63) is 0 Å². The minimum atomic E-state index is 0.496. The second-order valence-electron chi connectivity index (χ2n) is 2.63. The van der Waals surface area contributed by atoms with E-state index < -0.39 is 0 Å². The van der Waals surface area contributed by atoms with Crippen LogP contribution in [0.1, 0.15) is 13.3 Å². The predicted molar refractivity (Wildman–Crippen MR) is 33.7 cm³/mol. The van der Waals surface area contributed by atoms with Gasteiger partial charge in [0.2, 0.25) is 0 Å². The summed E-state index contributed by atoms with van der Waals surface area (Å²) >= 11 is 0. The van der Waals surface area contributed by atoms with E-state index in [4.69, 9.17) is 10.6 Å². The van der Waals surface area contributed by atoms with Crippen LogP contribution < -0.4 is 5.90 Å². The number of rotatable bonds is 4. The third-order valence-electron chi connectivity index (χ3n) is 1.45. The summed E-state index contributed by atoms with van der Waals surface area (Å²) in [7, 11) is 0. The molecule has 3 nitrogen and oxygen atoms in total. The molecule has 1 heterocycles. The van der Waals surface area contributed by atoms with Gasteiger partial charge in [-0.3, -0.25) is 0 Å². The van der Waals surface area contributed by atoms with Gasteiger partial charge in [0.1, 0.15) is 0 Å². The smallest absolute Gasteiger partial charge is 0.0813 e. The zero-order valence-electron chi connectivity index (χ0n) is 5.67. The normalized spacial score (nSPS) is 28.0. The van der Waals surface area contributed by atoms with Crippen LogP contribution in [0.4, 0.5) is 0 Å². The summed E-state index contributed by atoms with van der Waals surface area (Å²) in [6.45, 7) is 3.67. The maximum atomic E-state index is 5.03. The molecule has 2 N–H and O–H groups in total. The first kappa shape index (κ1) is 6.99. The fourth-order valence-corrected chi connectivity index (χ4v) is 0.885. The standard InChI is InChI=1S/C6H13NO2/c1-5(3-9-7)2-6-4-8-6/h5-6H,2-4,7H2,1H3. The largest absolute Gasteiger partial charge is 0.373 e. The van der Waals surface area contributed by atoms with Crippen molar-refractivity contribution < 1.29 is 9.57 Å². The Morgan fingerprint density at radius 3 is 3.00 bits per heavy atom. The number of hydrogen-bond acceptors (Lipinski definition) is 3. The molecule has 1 rings (SSSR count). The molecular formula is C6H13NO2. The summed E-state index contributed by atoms with van der Waals surface area (Å²) in [5.41, 5.74) is 0. The van der Waals surface area contributed by atoms with E-state index >= 15 is 0 Å². The topological polar surface area (TPSA) is 47.8 Å². The van der Waals surface area contributed by atoms with E-state index in [0.717, 1.165) is 13.0 Å². The second kappa shape index (κ2) is 3.15. The first-order valence-corrected chi connectivity index (χ1v) is 3.26. The van der Waals surface area contributed by atoms with Gasteiger partial charge in [-0.2, -0.15) is 0 Å². The lowest BCUT2D eigenvalue weighted by Gasteiger charge is -2.05. The first-order chi connectivity index (χ1) is 4.33. The van der Waals surface area contributed by atoms with Crippen LogP contribution in [0.5, 0.6) is 0 Å². The van der Waals surface area contributed by atoms with Gasteiger partial charge >= 0.3 is 0 Å². The highest BCUT2D eigenvalue weighted by Gasteiger charge is 2.24. The number of ether oxygens (including phenoxy) is 1. The first-order valence-electron chi connectivity index (χ1n) is 3.26. The summed E-state index contributed by atoms with van der Waals surface area (Å²) in [4.78, 5) is 4.48. The Labute approximate surface area is 55.1 Å². The fraction of sp³-hybridized carbons (Fsp3) is 1.00. The molecule has 1 saturated heterocycles. The summed E-state index contributed by atoms with van der Waals surface area (Å²) in [6, 6.07) is 0. The average molecular weight is 131 g/mol. The van der Waals surface area contributed by atoms with Crippen molar-refractivity contribution in [2.75, 3.05) is 13.2 Å². The van der Waals surface area contributed by atoms with Crippen LogP contribution in [-0.4, -0.2) is 19.3 Å². The van der Waals surface area contributed by atoms with Crippen LogP contribution in [0.3, 0.4) is 0 Å². The van der Waals surface area contributed by atoms with Crippen molar-refractivity contribution in [2.45, 2.75) is 19.4 Å². The molecule has 0 amide bonds. The van der Waals surface area contributed by atoms with Gasteiger partial charge in [-0.1, -0.05) is 6.92 Å². The van der Waals surface area contributed by atoms with Gasteiger partial charge in [0.25, 0.3) is 0 Å². The van der Waals surface area contributed by atoms with Gasteiger partial charge in [-0.05, 0) is 12.3 Å². The van der Waals surface area contributed by atoms with E-state index in [0.29, 0.717) is 18.6 Å². The van der Waals surface area contributed by atoms with Crippen molar-refractivity contribution in [1.29, 1.82) is 0 Å². The fourth-order valence-electron chi connectivity index (χ4n) is 0.885. The lowest BCUT2D eigenvalue weighted by atomic mass is 10.1. The molecule has 1 fully saturated rings. The lowest BCUT2D eigenvalue weighted by Crippen LogP contribution is -2.11. The molecule has 0 aromatic rings. The Morgan fingerprint density at radius 2 is 2.56 bits per heavy atom. The third-order valence-corrected chi connectivity index (χ3v) is 1.45. The molecule has 0 spiro atoms. The molecule has 9 heavy (non-hydrogen) atoms. The molecule has 0 radical (unpaired) electrons. The van der Waals surface area contributed by atoms with E-state index in [9.17, 15) is 0 Å². The quantitative estimate of drug-likeness (QED) is 0.441. The zero-order chi connectivity index (χ0) is 6.69. The van der Waals surface area contributed by atoms with E-state index in [2.05, 4.69) is 11.8 Å². The second-order valence-corrected chi connectivity index (χ2v) is 2.63. The monoisotopic (exact) mass is 131 g/mol. The molecule has 0 bridgehead atoms. The molecule has 54 valence electrons. The van der Waals surface area contributed by atoms with Crippen molar-refractivity contribution in [3.8, 4) is 0 Å². The van der Waals surface area contributed by atoms with Gasteiger partial charge in [-0.25, -0.2) is 5.90 Å². The summed E-state index contributed by atoms with van der Waals surface area (Å²) in [6.07, 6.45) is 1.58. The molecule has 2 atom stereocenters. The Kier molecular flexibility index (Phi) is 2.45. The molecule has 0 aromatic carbocycles. The minimum Gasteiger partial charge on any atom is -0.373 e. The van der Waals surface area contributed by atoms with Crippen molar-refractivity contribution in [3.63, 3.8) is 0 Å². The SMILES string of the molecule is CC(CON)CC1CO1. The summed E-state index contributed by atoms with van der Waals surface area (Å²) < 4.78 is 5.03. The Hall–Kier alpha value is -0.120. The molecule has 0 saturated carbocycles. The zero-order valence-corrected chi connectivity index (χ0v) is 5.67. The number of epoxide rings is 1. The van der Waals surface area contributed by atoms with Crippen LogP contribution >= 0.6 is 0 Å². The van der Waals surface area contributed by atoms with Crippen LogP contribution in [0, 0.1) is 5.92 Å². The molecule has 1 aliphatic rings. The Balaban J connectivity index is 1.95. The Morgan fingerprint density at radius 1 is 1.89 bits per heavy atom. The van der Waals surface area contributed by atoms with E-state index in [1.165, 1.54) is 0 Å². The third kappa shape index (κ3) is 2.79. The summed E-state index contributed by atoms with van der Waals surface area (Å²) in [5.74, 6) is 5.41. The molecular weight excluding hydrogens is 118 g/mol. The van der Waals surface area contributed by atoms with Crippen LogP contribution in [0.15, 0.2) is 0 Å². The number of nitrogens with two attached hydrogens (primary N) is 1. The molecule has 2 unspecified atom stereocenters. The van der Waals surface area contributed by atoms with Gasteiger partial charge < -0.3 is 9.57 Å². The van der Waals surface area contributed by atoms with Crippen LogP contribution in [0.2, 0.25) is 0 Å². The van der Waals surface area contributed by atoms with Gasteiger partial charge in [0.15, 0.2) is 0 Å². The molecule has 3 heteroatoms. The Bertz CT molecular complexity index is 83.1. The van der Waals surface area contributed by atoms with Crippen molar-refractivity contribution >= 4 is 0 Å². The minimum absolute atomic E-state index is 0.496. The van der Waals surface area contributed by atoms with E-state index in [-0.39, 0.29) is 0 Å². The summed E-state index contributed by atoms with van der Waals surface area (Å²) in [5, 5.41) is 0. The molecule has 1 aliphatic heterocycles. The van der Waals surface area contributed by atoms with Crippen molar-refractivity contribution in [1.82, 2.24) is 0 Å². The van der Waals surface area contributed by atoms with Crippen molar-refractivity contribution in [2.24, 2.45) is 11.8 Å². The van der Waals surface area contributed by atoms with Gasteiger partial charge in [0.05, 0.1) is 19.3 Å². The molecule has 0 aromatic heterocycles. The highest BCUT2D eigenvalue weighted by molar-refractivity contribution is 4.71. The van der Waals surface area contributed by atoms with Gasteiger partial charge in [0, 0.05) is 0 Å². The molecule has 0 aliphatic carbocycles.